The van der Waals surface area contributed by atoms with E-state index in [2.05, 4.69) is 0 Å². The van der Waals surface area contributed by atoms with Crippen LogP contribution in [0, 0.1) is 15.9 Å². The van der Waals surface area contributed by atoms with Crippen molar-refractivity contribution in [3.8, 4) is 5.75 Å². The number of hydrogen-bond acceptors (Lipinski definition) is 5. The zero-order valence-corrected chi connectivity index (χ0v) is 10.4. The van der Waals surface area contributed by atoms with Crippen molar-refractivity contribution in [3.05, 3.63) is 33.6 Å². The number of carboxylic acid groups (broad SMARTS) is 1. The summed E-state index contributed by atoms with van der Waals surface area (Å²) in [7, 11) is 3.58. The first-order valence-electron chi connectivity index (χ1n) is 5.31. The van der Waals surface area contributed by atoms with Gasteiger partial charge in [0, 0.05) is 12.6 Å². The summed E-state index contributed by atoms with van der Waals surface area (Å²) in [5.74, 6) is -2.79. The molecule has 0 radical (unpaired) electrons. The van der Waals surface area contributed by atoms with Crippen LogP contribution in [-0.4, -0.2) is 48.1 Å². The van der Waals surface area contributed by atoms with E-state index < -0.39 is 28.0 Å². The Bertz CT molecular complexity index is 504. The van der Waals surface area contributed by atoms with Gasteiger partial charge in [-0.25, -0.2) is 9.18 Å². The molecule has 104 valence electrons. The van der Waals surface area contributed by atoms with Gasteiger partial charge in [-0.2, -0.15) is 0 Å². The number of likely N-dealkylation sites (N-methyl/N-ethyl adjacent to an activating group) is 1. The van der Waals surface area contributed by atoms with Gasteiger partial charge in [-0.05, 0) is 14.1 Å². The summed E-state index contributed by atoms with van der Waals surface area (Å²) in [6, 6.07) is 1.37. The molecule has 0 aliphatic carbocycles. The van der Waals surface area contributed by atoms with Crippen LogP contribution in [0.5, 0.6) is 5.75 Å². The average Bonchev–Trinajstić information content (AvgIpc) is 2.29. The van der Waals surface area contributed by atoms with Crippen molar-refractivity contribution in [2.45, 2.75) is 0 Å². The number of benzene rings is 1. The molecular weight excluding hydrogens is 259 g/mol. The molecule has 0 amide bonds. The Morgan fingerprint density at radius 2 is 2.16 bits per heavy atom. The normalized spacial score (nSPS) is 10.5. The van der Waals surface area contributed by atoms with Crippen molar-refractivity contribution in [2.24, 2.45) is 0 Å². The van der Waals surface area contributed by atoms with Crippen molar-refractivity contribution < 1.29 is 24.0 Å². The number of rotatable bonds is 6. The highest BCUT2D eigenvalue weighted by Gasteiger charge is 2.23. The van der Waals surface area contributed by atoms with Crippen LogP contribution in [0.1, 0.15) is 10.4 Å². The largest absolute Gasteiger partial charge is 0.489 e. The summed E-state index contributed by atoms with van der Waals surface area (Å²) in [6.07, 6.45) is 0. The molecule has 19 heavy (non-hydrogen) atoms. The van der Waals surface area contributed by atoms with Gasteiger partial charge in [0.15, 0.2) is 11.6 Å². The lowest BCUT2D eigenvalue weighted by atomic mass is 10.1. The third-order valence-electron chi connectivity index (χ3n) is 2.27. The van der Waals surface area contributed by atoms with Gasteiger partial charge in [0.1, 0.15) is 12.2 Å². The van der Waals surface area contributed by atoms with Crippen molar-refractivity contribution in [3.63, 3.8) is 0 Å². The summed E-state index contributed by atoms with van der Waals surface area (Å²) >= 11 is 0. The minimum atomic E-state index is -1.51. The minimum Gasteiger partial charge on any atom is -0.489 e. The summed E-state index contributed by atoms with van der Waals surface area (Å²) < 4.78 is 18.6. The maximum atomic E-state index is 13.5. The van der Waals surface area contributed by atoms with E-state index in [9.17, 15) is 19.3 Å². The lowest BCUT2D eigenvalue weighted by Gasteiger charge is -2.12. The third-order valence-corrected chi connectivity index (χ3v) is 2.27. The molecule has 0 unspecified atom stereocenters. The number of carboxylic acids is 1. The summed E-state index contributed by atoms with van der Waals surface area (Å²) in [5.41, 5.74) is -1.41. The van der Waals surface area contributed by atoms with Gasteiger partial charge in [-0.3, -0.25) is 10.1 Å². The first-order valence-corrected chi connectivity index (χ1v) is 5.31. The molecule has 1 rings (SSSR count). The fourth-order valence-corrected chi connectivity index (χ4v) is 1.31. The van der Waals surface area contributed by atoms with E-state index in [4.69, 9.17) is 9.84 Å². The fraction of sp³-hybridized carbons (Fsp3) is 0.364. The van der Waals surface area contributed by atoms with Gasteiger partial charge < -0.3 is 14.7 Å². The van der Waals surface area contributed by atoms with Gasteiger partial charge in [0.2, 0.25) is 0 Å². The Kier molecular flexibility index (Phi) is 4.76. The molecule has 0 aliphatic rings. The van der Waals surface area contributed by atoms with E-state index >= 15 is 0 Å². The van der Waals surface area contributed by atoms with Gasteiger partial charge in [0.05, 0.1) is 11.0 Å². The van der Waals surface area contributed by atoms with Crippen LogP contribution >= 0.6 is 0 Å². The van der Waals surface area contributed by atoms with Crippen LogP contribution in [-0.2, 0) is 0 Å². The standard InChI is InChI=1S/C11H13FN2O5/c1-13(2)3-4-19-10-5-7(11(15)16)9(14(17)18)6-8(10)12/h5-6H,3-4H2,1-2H3,(H,15,16). The Balaban J connectivity index is 3.04. The molecule has 0 aromatic heterocycles. The van der Waals surface area contributed by atoms with E-state index in [-0.39, 0.29) is 12.4 Å². The Labute approximate surface area is 108 Å². The molecule has 1 aromatic carbocycles. The van der Waals surface area contributed by atoms with E-state index in [0.29, 0.717) is 12.6 Å². The summed E-state index contributed by atoms with van der Waals surface area (Å²) in [4.78, 5) is 22.3. The number of halogens is 1. The monoisotopic (exact) mass is 272 g/mol. The molecule has 0 saturated heterocycles. The van der Waals surface area contributed by atoms with Crippen molar-refractivity contribution >= 4 is 11.7 Å². The zero-order chi connectivity index (χ0) is 14.6. The van der Waals surface area contributed by atoms with Gasteiger partial charge in [-0.15, -0.1) is 0 Å². The van der Waals surface area contributed by atoms with Crippen LogP contribution in [0.15, 0.2) is 12.1 Å². The van der Waals surface area contributed by atoms with Crippen LogP contribution in [0.2, 0.25) is 0 Å². The molecule has 0 saturated carbocycles. The van der Waals surface area contributed by atoms with E-state index in [0.717, 1.165) is 6.07 Å². The highest BCUT2D eigenvalue weighted by molar-refractivity contribution is 5.92. The predicted molar refractivity (Wildman–Crippen MR) is 64.1 cm³/mol. The van der Waals surface area contributed by atoms with Crippen molar-refractivity contribution in [2.75, 3.05) is 27.2 Å². The van der Waals surface area contributed by atoms with Crippen LogP contribution in [0.25, 0.3) is 0 Å². The molecule has 0 fully saturated rings. The zero-order valence-electron chi connectivity index (χ0n) is 10.4. The average molecular weight is 272 g/mol. The smallest absolute Gasteiger partial charge is 0.342 e. The van der Waals surface area contributed by atoms with Crippen LogP contribution < -0.4 is 4.74 Å². The first-order chi connectivity index (χ1) is 8.82. The maximum absolute atomic E-state index is 13.5. The SMILES string of the molecule is CN(C)CCOc1cc(C(=O)O)c([N+](=O)[O-])cc1F. The second-order valence-corrected chi connectivity index (χ2v) is 4.01. The number of nitro benzene ring substituents is 1. The molecule has 1 N–H and O–H groups in total. The predicted octanol–water partition coefficient (Wildman–Crippen LogP) is 1.37. The maximum Gasteiger partial charge on any atom is 0.342 e. The van der Waals surface area contributed by atoms with E-state index in [1.54, 1.807) is 19.0 Å². The molecule has 0 bridgehead atoms. The molecule has 0 spiro atoms. The lowest BCUT2D eigenvalue weighted by molar-refractivity contribution is -0.385. The second-order valence-electron chi connectivity index (χ2n) is 4.01. The van der Waals surface area contributed by atoms with Crippen molar-refractivity contribution in [1.29, 1.82) is 0 Å². The molecule has 8 heteroatoms. The fourth-order valence-electron chi connectivity index (χ4n) is 1.31. The molecule has 0 aliphatic heterocycles. The third kappa shape index (κ3) is 3.88. The highest BCUT2D eigenvalue weighted by atomic mass is 19.1. The number of hydrogen-bond donors (Lipinski definition) is 1. The summed E-state index contributed by atoms with van der Waals surface area (Å²) in [6.45, 7) is 0.639. The van der Waals surface area contributed by atoms with Gasteiger partial charge in [0.25, 0.3) is 5.69 Å². The van der Waals surface area contributed by atoms with Crippen LogP contribution in [0.3, 0.4) is 0 Å². The minimum absolute atomic E-state index is 0.140. The van der Waals surface area contributed by atoms with E-state index in [1.807, 2.05) is 0 Å². The number of ether oxygens (including phenoxy) is 1. The summed E-state index contributed by atoms with van der Waals surface area (Å²) in [5, 5.41) is 19.5. The molecule has 0 atom stereocenters. The number of nitro groups is 1. The van der Waals surface area contributed by atoms with Gasteiger partial charge >= 0.3 is 5.97 Å². The Morgan fingerprint density at radius 3 is 2.63 bits per heavy atom. The van der Waals surface area contributed by atoms with E-state index in [1.165, 1.54) is 0 Å². The molecular formula is C11H13FN2O5. The van der Waals surface area contributed by atoms with Crippen LogP contribution in [0.4, 0.5) is 10.1 Å². The topological polar surface area (TPSA) is 92.9 Å². The number of nitrogens with zero attached hydrogens (tertiary/aromatic N) is 2. The highest BCUT2D eigenvalue weighted by Crippen LogP contribution is 2.27. The number of carbonyl (C=O) groups is 1. The first kappa shape index (κ1) is 14.8. The quantitative estimate of drug-likeness (QED) is 0.621. The second kappa shape index (κ2) is 6.10. The molecule has 1 aromatic rings. The van der Waals surface area contributed by atoms with Crippen molar-refractivity contribution in [1.82, 2.24) is 4.90 Å². The molecule has 0 heterocycles. The van der Waals surface area contributed by atoms with Gasteiger partial charge in [-0.1, -0.05) is 0 Å². The molecule has 7 nitrogen and oxygen atoms in total. The Hall–Kier alpha value is -2.22. The Morgan fingerprint density at radius 1 is 1.53 bits per heavy atom. The number of aromatic carboxylic acids is 1. The lowest BCUT2D eigenvalue weighted by Crippen LogP contribution is -2.20.